The van der Waals surface area contributed by atoms with Gasteiger partial charge in [-0.3, -0.25) is 4.68 Å². The summed E-state index contributed by atoms with van der Waals surface area (Å²) in [5.74, 6) is 1.39. The fourth-order valence-electron chi connectivity index (χ4n) is 1.92. The van der Waals surface area contributed by atoms with Crippen LogP contribution in [0.15, 0.2) is 30.5 Å². The Kier molecular flexibility index (Phi) is 3.18. The SMILES string of the molecule is COc1ccc(C(C)C)cc1-c1ccnn1C. The maximum absolute atomic E-state index is 5.42. The van der Waals surface area contributed by atoms with Crippen LogP contribution in [-0.2, 0) is 7.05 Å². The average Bonchev–Trinajstić information content (AvgIpc) is 2.74. The molecule has 1 heterocycles. The van der Waals surface area contributed by atoms with E-state index in [2.05, 4.69) is 31.1 Å². The smallest absolute Gasteiger partial charge is 0.128 e. The fraction of sp³-hybridized carbons (Fsp3) is 0.357. The maximum Gasteiger partial charge on any atom is 0.128 e. The first kappa shape index (κ1) is 11.7. The number of hydrogen-bond acceptors (Lipinski definition) is 2. The molecule has 0 unspecified atom stereocenters. The van der Waals surface area contributed by atoms with Crippen molar-refractivity contribution < 1.29 is 4.74 Å². The molecule has 0 saturated heterocycles. The average molecular weight is 230 g/mol. The number of aromatic nitrogens is 2. The predicted octanol–water partition coefficient (Wildman–Crippen LogP) is 3.22. The number of methoxy groups -OCH3 is 1. The van der Waals surface area contributed by atoms with Crippen molar-refractivity contribution in [2.75, 3.05) is 7.11 Å². The second-order valence-electron chi connectivity index (χ2n) is 4.45. The monoisotopic (exact) mass is 230 g/mol. The van der Waals surface area contributed by atoms with Crippen LogP contribution in [0, 0.1) is 0 Å². The first-order valence-corrected chi connectivity index (χ1v) is 5.79. The second-order valence-corrected chi connectivity index (χ2v) is 4.45. The van der Waals surface area contributed by atoms with Crippen LogP contribution < -0.4 is 4.74 Å². The van der Waals surface area contributed by atoms with E-state index in [1.165, 1.54) is 5.56 Å². The van der Waals surface area contributed by atoms with Gasteiger partial charge < -0.3 is 4.74 Å². The van der Waals surface area contributed by atoms with Gasteiger partial charge in [-0.05, 0) is 29.7 Å². The van der Waals surface area contributed by atoms with E-state index in [-0.39, 0.29) is 0 Å². The number of ether oxygens (including phenoxy) is 1. The highest BCUT2D eigenvalue weighted by Gasteiger charge is 2.11. The Morgan fingerprint density at radius 1 is 1.24 bits per heavy atom. The van der Waals surface area contributed by atoms with Gasteiger partial charge in [0.05, 0.1) is 12.8 Å². The molecule has 90 valence electrons. The third-order valence-corrected chi connectivity index (χ3v) is 2.99. The van der Waals surface area contributed by atoms with Gasteiger partial charge in [0.2, 0.25) is 0 Å². The molecule has 0 bridgehead atoms. The number of nitrogens with zero attached hydrogens (tertiary/aromatic N) is 2. The van der Waals surface area contributed by atoms with Crippen molar-refractivity contribution in [2.24, 2.45) is 7.05 Å². The van der Waals surface area contributed by atoms with Crippen LogP contribution in [0.1, 0.15) is 25.3 Å². The molecule has 0 atom stereocenters. The zero-order valence-electron chi connectivity index (χ0n) is 10.8. The van der Waals surface area contributed by atoms with E-state index in [1.54, 1.807) is 13.3 Å². The van der Waals surface area contributed by atoms with E-state index in [9.17, 15) is 0 Å². The van der Waals surface area contributed by atoms with Crippen LogP contribution in [0.5, 0.6) is 5.75 Å². The lowest BCUT2D eigenvalue weighted by Gasteiger charge is -2.12. The number of aryl methyl sites for hydroxylation is 1. The molecule has 0 amide bonds. The molecule has 0 fully saturated rings. The van der Waals surface area contributed by atoms with Gasteiger partial charge in [0.1, 0.15) is 5.75 Å². The molecule has 2 rings (SSSR count). The largest absolute Gasteiger partial charge is 0.496 e. The van der Waals surface area contributed by atoms with Crippen LogP contribution >= 0.6 is 0 Å². The van der Waals surface area contributed by atoms with E-state index >= 15 is 0 Å². The quantitative estimate of drug-likeness (QED) is 0.809. The van der Waals surface area contributed by atoms with Crippen LogP contribution in [0.2, 0.25) is 0 Å². The zero-order valence-corrected chi connectivity index (χ0v) is 10.8. The summed E-state index contributed by atoms with van der Waals surface area (Å²) < 4.78 is 7.28. The molecule has 0 aliphatic rings. The van der Waals surface area contributed by atoms with Gasteiger partial charge >= 0.3 is 0 Å². The summed E-state index contributed by atoms with van der Waals surface area (Å²) in [5, 5.41) is 4.20. The highest BCUT2D eigenvalue weighted by molar-refractivity contribution is 5.68. The van der Waals surface area contributed by atoms with Crippen LogP contribution in [0.25, 0.3) is 11.3 Å². The third-order valence-electron chi connectivity index (χ3n) is 2.99. The Morgan fingerprint density at radius 2 is 2.00 bits per heavy atom. The Hall–Kier alpha value is -1.77. The summed E-state index contributed by atoms with van der Waals surface area (Å²) in [5.41, 5.74) is 3.48. The maximum atomic E-state index is 5.42. The van der Waals surface area contributed by atoms with E-state index < -0.39 is 0 Å². The molecule has 0 spiro atoms. The van der Waals surface area contributed by atoms with Crippen molar-refractivity contribution in [3.05, 3.63) is 36.0 Å². The predicted molar refractivity (Wildman–Crippen MR) is 69.3 cm³/mol. The molecule has 3 nitrogen and oxygen atoms in total. The Labute approximate surface area is 102 Å². The molecule has 0 N–H and O–H groups in total. The van der Waals surface area contributed by atoms with Gasteiger partial charge in [-0.1, -0.05) is 19.9 Å². The van der Waals surface area contributed by atoms with Gasteiger partial charge in [-0.15, -0.1) is 0 Å². The molecule has 0 radical (unpaired) electrons. The lowest BCUT2D eigenvalue weighted by molar-refractivity contribution is 0.416. The molecular formula is C14H18N2O. The summed E-state index contributed by atoms with van der Waals surface area (Å²) >= 11 is 0. The minimum absolute atomic E-state index is 0.507. The lowest BCUT2D eigenvalue weighted by atomic mass is 9.99. The van der Waals surface area contributed by atoms with Crippen molar-refractivity contribution in [1.82, 2.24) is 9.78 Å². The van der Waals surface area contributed by atoms with Gasteiger partial charge in [0.15, 0.2) is 0 Å². The van der Waals surface area contributed by atoms with Crippen LogP contribution in [0.4, 0.5) is 0 Å². The van der Waals surface area contributed by atoms with Crippen molar-refractivity contribution in [1.29, 1.82) is 0 Å². The third kappa shape index (κ3) is 2.18. The molecule has 0 aliphatic carbocycles. The van der Waals surface area contributed by atoms with Crippen molar-refractivity contribution in [3.8, 4) is 17.0 Å². The second kappa shape index (κ2) is 4.62. The Balaban J connectivity index is 2.57. The molecule has 3 heteroatoms. The minimum atomic E-state index is 0.507. The molecule has 1 aromatic heterocycles. The summed E-state index contributed by atoms with van der Waals surface area (Å²) in [4.78, 5) is 0. The summed E-state index contributed by atoms with van der Waals surface area (Å²) in [6, 6.07) is 8.32. The molecule has 1 aromatic carbocycles. The van der Waals surface area contributed by atoms with Gasteiger partial charge in [0.25, 0.3) is 0 Å². The van der Waals surface area contributed by atoms with Crippen molar-refractivity contribution in [2.45, 2.75) is 19.8 Å². The van der Waals surface area contributed by atoms with E-state index in [0.717, 1.165) is 17.0 Å². The highest BCUT2D eigenvalue weighted by Crippen LogP contribution is 2.32. The zero-order chi connectivity index (χ0) is 12.4. The molecule has 2 aromatic rings. The summed E-state index contributed by atoms with van der Waals surface area (Å²) in [6.07, 6.45) is 1.80. The Bertz CT molecular complexity index is 515. The van der Waals surface area contributed by atoms with E-state index in [0.29, 0.717) is 5.92 Å². The number of hydrogen-bond donors (Lipinski definition) is 0. The topological polar surface area (TPSA) is 27.1 Å². The molecule has 0 saturated carbocycles. The van der Waals surface area contributed by atoms with Gasteiger partial charge in [0, 0.05) is 18.8 Å². The number of rotatable bonds is 3. The van der Waals surface area contributed by atoms with Gasteiger partial charge in [-0.25, -0.2) is 0 Å². The fourth-order valence-corrected chi connectivity index (χ4v) is 1.92. The number of benzene rings is 1. The molecule has 17 heavy (non-hydrogen) atoms. The molecule has 0 aliphatic heterocycles. The first-order chi connectivity index (χ1) is 8.13. The summed E-state index contributed by atoms with van der Waals surface area (Å²) in [6.45, 7) is 4.38. The van der Waals surface area contributed by atoms with Crippen LogP contribution in [0.3, 0.4) is 0 Å². The standard InChI is InChI=1S/C14H18N2O/c1-10(2)11-5-6-14(17-4)12(9-11)13-7-8-15-16(13)3/h5-10H,1-4H3. The summed E-state index contributed by atoms with van der Waals surface area (Å²) in [7, 11) is 3.64. The van der Waals surface area contributed by atoms with E-state index in [4.69, 9.17) is 4.74 Å². The van der Waals surface area contributed by atoms with Crippen LogP contribution in [-0.4, -0.2) is 16.9 Å². The normalized spacial score (nSPS) is 10.9. The first-order valence-electron chi connectivity index (χ1n) is 5.79. The Morgan fingerprint density at radius 3 is 2.53 bits per heavy atom. The van der Waals surface area contributed by atoms with Gasteiger partial charge in [-0.2, -0.15) is 5.10 Å². The highest BCUT2D eigenvalue weighted by atomic mass is 16.5. The lowest BCUT2D eigenvalue weighted by Crippen LogP contribution is -1.97. The van der Waals surface area contributed by atoms with E-state index in [1.807, 2.05) is 23.9 Å². The minimum Gasteiger partial charge on any atom is -0.496 e. The van der Waals surface area contributed by atoms with Crippen molar-refractivity contribution >= 4 is 0 Å². The van der Waals surface area contributed by atoms with Crippen molar-refractivity contribution in [3.63, 3.8) is 0 Å². The molecular weight excluding hydrogens is 212 g/mol.